The Balaban J connectivity index is 1.52. The molecule has 0 unspecified atom stereocenters. The summed E-state index contributed by atoms with van der Waals surface area (Å²) in [5.41, 5.74) is 7.95. The van der Waals surface area contributed by atoms with E-state index in [-0.39, 0.29) is 0 Å². The van der Waals surface area contributed by atoms with Crippen molar-refractivity contribution in [3.8, 4) is 5.75 Å². The molecule has 120 valence electrons. The summed E-state index contributed by atoms with van der Waals surface area (Å²) in [7, 11) is 0. The first-order valence-corrected chi connectivity index (χ1v) is 8.55. The van der Waals surface area contributed by atoms with Crippen molar-refractivity contribution in [3.05, 3.63) is 29.3 Å². The number of fused-ring (bicyclic) bond motifs is 1. The lowest BCUT2D eigenvalue weighted by atomic mass is 9.82. The van der Waals surface area contributed by atoms with E-state index in [4.69, 9.17) is 15.9 Å². The van der Waals surface area contributed by atoms with Crippen LogP contribution in [0.2, 0.25) is 0 Å². The lowest BCUT2D eigenvalue weighted by Crippen LogP contribution is -2.32. The van der Waals surface area contributed by atoms with E-state index in [1.807, 2.05) is 12.1 Å². The Hall–Kier alpha value is -1.55. The molecule has 1 heterocycles. The highest BCUT2D eigenvalue weighted by Gasteiger charge is 2.20. The minimum Gasteiger partial charge on any atom is -0.493 e. The van der Waals surface area contributed by atoms with Crippen LogP contribution in [0.25, 0.3) is 0 Å². The van der Waals surface area contributed by atoms with Gasteiger partial charge >= 0.3 is 0 Å². The van der Waals surface area contributed by atoms with Crippen LogP contribution in [0, 0.1) is 17.2 Å². The number of ether oxygens (including phenoxy) is 1. The van der Waals surface area contributed by atoms with E-state index in [0.717, 1.165) is 49.8 Å². The maximum atomic E-state index is 8.27. The zero-order chi connectivity index (χ0) is 15.4. The zero-order valence-electron chi connectivity index (χ0n) is 13.2. The first-order valence-electron chi connectivity index (χ1n) is 8.55. The van der Waals surface area contributed by atoms with E-state index in [9.17, 15) is 0 Å². The Morgan fingerprint density at radius 2 is 2.00 bits per heavy atom. The smallest absolute Gasteiger partial charge is 0.125 e. The second-order valence-electron chi connectivity index (χ2n) is 6.65. The molecule has 1 saturated carbocycles. The van der Waals surface area contributed by atoms with E-state index < -0.39 is 0 Å². The number of hydrogen-bond donors (Lipinski definition) is 3. The van der Waals surface area contributed by atoms with Gasteiger partial charge in [0.1, 0.15) is 11.6 Å². The topological polar surface area (TPSA) is 71.1 Å². The predicted molar refractivity (Wildman–Crippen MR) is 89.6 cm³/mol. The molecule has 4 nitrogen and oxygen atoms in total. The lowest BCUT2D eigenvalue weighted by molar-refractivity contribution is 0.279. The van der Waals surface area contributed by atoms with Gasteiger partial charge in [0.15, 0.2) is 0 Å². The van der Waals surface area contributed by atoms with Gasteiger partial charge in [0.2, 0.25) is 0 Å². The molecule has 0 saturated heterocycles. The highest BCUT2D eigenvalue weighted by Crippen LogP contribution is 2.28. The third kappa shape index (κ3) is 3.61. The van der Waals surface area contributed by atoms with Gasteiger partial charge in [-0.15, -0.1) is 0 Å². The van der Waals surface area contributed by atoms with E-state index in [1.165, 1.54) is 31.2 Å². The summed E-state index contributed by atoms with van der Waals surface area (Å²) in [5, 5.41) is 11.6. The van der Waals surface area contributed by atoms with Crippen molar-refractivity contribution < 1.29 is 4.74 Å². The molecule has 1 aromatic carbocycles. The molecular formula is C18H27N3O. The fourth-order valence-electron chi connectivity index (χ4n) is 3.54. The minimum absolute atomic E-state index is 0.536. The summed E-state index contributed by atoms with van der Waals surface area (Å²) in [6.07, 6.45) is 7.08. The lowest BCUT2D eigenvalue weighted by Gasteiger charge is -2.28. The molecule has 3 rings (SSSR count). The molecule has 1 aromatic rings. The van der Waals surface area contributed by atoms with E-state index in [0.29, 0.717) is 11.8 Å². The molecule has 0 amide bonds. The van der Waals surface area contributed by atoms with Crippen LogP contribution in [0.4, 0.5) is 0 Å². The monoisotopic (exact) mass is 301 g/mol. The van der Waals surface area contributed by atoms with Crippen molar-refractivity contribution in [1.29, 1.82) is 5.41 Å². The molecule has 0 radical (unpaired) electrons. The molecule has 0 atom stereocenters. The van der Waals surface area contributed by atoms with Gasteiger partial charge in [-0.1, -0.05) is 0 Å². The highest BCUT2D eigenvalue weighted by atomic mass is 16.5. The molecule has 1 aliphatic heterocycles. The molecule has 0 bridgehead atoms. The van der Waals surface area contributed by atoms with Crippen molar-refractivity contribution in [2.45, 2.75) is 38.5 Å². The molecular weight excluding hydrogens is 274 g/mol. The number of nitrogens with two attached hydrogens (primary N) is 1. The number of hydrogen-bond acceptors (Lipinski definition) is 3. The maximum absolute atomic E-state index is 8.27. The van der Waals surface area contributed by atoms with Crippen LogP contribution in [0.5, 0.6) is 5.75 Å². The summed E-state index contributed by atoms with van der Waals surface area (Å²) >= 11 is 0. The molecule has 0 spiro atoms. The van der Waals surface area contributed by atoms with Crippen molar-refractivity contribution >= 4 is 5.84 Å². The van der Waals surface area contributed by atoms with Crippen LogP contribution in [0.3, 0.4) is 0 Å². The highest BCUT2D eigenvalue weighted by molar-refractivity contribution is 5.96. The number of rotatable bonds is 4. The molecule has 22 heavy (non-hydrogen) atoms. The average molecular weight is 301 g/mol. The number of aryl methyl sites for hydroxylation is 1. The van der Waals surface area contributed by atoms with Gasteiger partial charge in [-0.2, -0.15) is 0 Å². The van der Waals surface area contributed by atoms with E-state index in [2.05, 4.69) is 11.4 Å². The standard InChI is InChI=1S/C18H27N3O/c19-11-13-3-5-14(6-4-13)12-21-18(20)16-7-8-17-15(10-16)2-1-9-22-17/h7-8,10,13-14H,1-6,9,11-12,19H2,(H2,20,21). The van der Waals surface area contributed by atoms with E-state index >= 15 is 0 Å². The van der Waals surface area contributed by atoms with Crippen molar-refractivity contribution in [3.63, 3.8) is 0 Å². The summed E-state index contributed by atoms with van der Waals surface area (Å²) in [6, 6.07) is 6.10. The molecule has 4 heteroatoms. The molecule has 2 aliphatic rings. The van der Waals surface area contributed by atoms with Gasteiger partial charge in [-0.05, 0) is 80.7 Å². The fraction of sp³-hybridized carbons (Fsp3) is 0.611. The van der Waals surface area contributed by atoms with Gasteiger partial charge in [0, 0.05) is 12.1 Å². The average Bonchev–Trinajstić information content (AvgIpc) is 2.59. The predicted octanol–water partition coefficient (Wildman–Crippen LogP) is 2.69. The van der Waals surface area contributed by atoms with Crippen LogP contribution in [0.1, 0.15) is 43.2 Å². The Labute approximate surface area is 132 Å². The quantitative estimate of drug-likeness (QED) is 0.591. The Morgan fingerprint density at radius 1 is 1.23 bits per heavy atom. The van der Waals surface area contributed by atoms with E-state index in [1.54, 1.807) is 0 Å². The molecule has 4 N–H and O–H groups in total. The van der Waals surface area contributed by atoms with Gasteiger partial charge in [-0.25, -0.2) is 0 Å². The van der Waals surface area contributed by atoms with Crippen LogP contribution in [0.15, 0.2) is 18.2 Å². The third-order valence-electron chi connectivity index (χ3n) is 5.06. The van der Waals surface area contributed by atoms with Crippen molar-refractivity contribution in [2.24, 2.45) is 17.6 Å². The third-order valence-corrected chi connectivity index (χ3v) is 5.06. The Morgan fingerprint density at radius 3 is 2.77 bits per heavy atom. The summed E-state index contributed by atoms with van der Waals surface area (Å²) in [5.74, 6) is 2.93. The minimum atomic E-state index is 0.536. The van der Waals surface area contributed by atoms with Crippen LogP contribution in [-0.2, 0) is 6.42 Å². The normalized spacial score (nSPS) is 24.2. The van der Waals surface area contributed by atoms with Crippen molar-refractivity contribution in [2.75, 3.05) is 19.7 Å². The summed E-state index contributed by atoms with van der Waals surface area (Å²) in [4.78, 5) is 0. The molecule has 1 aliphatic carbocycles. The van der Waals surface area contributed by atoms with Gasteiger partial charge in [0.05, 0.1) is 6.61 Å². The van der Waals surface area contributed by atoms with Crippen LogP contribution < -0.4 is 15.8 Å². The molecule has 0 aromatic heterocycles. The Kier molecular flexibility index (Phi) is 4.98. The second-order valence-corrected chi connectivity index (χ2v) is 6.65. The summed E-state index contributed by atoms with van der Waals surface area (Å²) < 4.78 is 5.63. The fourth-order valence-corrected chi connectivity index (χ4v) is 3.54. The van der Waals surface area contributed by atoms with Gasteiger partial charge in [0.25, 0.3) is 0 Å². The zero-order valence-corrected chi connectivity index (χ0v) is 13.2. The first kappa shape index (κ1) is 15.3. The van der Waals surface area contributed by atoms with Crippen LogP contribution in [-0.4, -0.2) is 25.5 Å². The number of amidine groups is 1. The first-order chi connectivity index (χ1) is 10.8. The summed E-state index contributed by atoms with van der Waals surface area (Å²) in [6.45, 7) is 2.55. The Bertz CT molecular complexity index is 521. The SMILES string of the molecule is N=C(NCC1CCC(CN)CC1)c1ccc2c(c1)CCCO2. The maximum Gasteiger partial charge on any atom is 0.125 e. The van der Waals surface area contributed by atoms with Gasteiger partial charge in [-0.3, -0.25) is 5.41 Å². The largest absolute Gasteiger partial charge is 0.493 e. The van der Waals surface area contributed by atoms with Gasteiger partial charge < -0.3 is 15.8 Å². The second kappa shape index (κ2) is 7.14. The molecule has 1 fully saturated rings. The number of benzene rings is 1. The number of nitrogens with one attached hydrogen (secondary N) is 2. The van der Waals surface area contributed by atoms with Crippen molar-refractivity contribution in [1.82, 2.24) is 5.32 Å². The van der Waals surface area contributed by atoms with Crippen LogP contribution >= 0.6 is 0 Å².